The Labute approximate surface area is 149 Å². The van der Waals surface area contributed by atoms with Crippen molar-refractivity contribution in [3.05, 3.63) is 71.6 Å². The van der Waals surface area contributed by atoms with Gasteiger partial charge in [-0.1, -0.05) is 65.8 Å². The number of amides is 1. The van der Waals surface area contributed by atoms with Crippen LogP contribution in [0.25, 0.3) is 11.3 Å². The van der Waals surface area contributed by atoms with Crippen molar-refractivity contribution in [2.45, 2.75) is 12.5 Å². The Bertz CT molecular complexity index is 907. The SMILES string of the molecule is O=C(Nc1nc(-c2ccccc2)cs1)C1=NO[C@@H](c2ccccc2)C1. The summed E-state index contributed by atoms with van der Waals surface area (Å²) in [6, 6.07) is 19.6. The van der Waals surface area contributed by atoms with E-state index in [0.29, 0.717) is 17.3 Å². The Morgan fingerprint density at radius 1 is 1.08 bits per heavy atom. The highest BCUT2D eigenvalue weighted by Crippen LogP contribution is 2.28. The number of anilines is 1. The lowest BCUT2D eigenvalue weighted by molar-refractivity contribution is -0.110. The van der Waals surface area contributed by atoms with E-state index in [9.17, 15) is 4.79 Å². The van der Waals surface area contributed by atoms with Crippen LogP contribution in [0.5, 0.6) is 0 Å². The normalized spacial score (nSPS) is 16.2. The molecule has 0 saturated carbocycles. The minimum atomic E-state index is -0.271. The molecular formula is C19H15N3O2S. The van der Waals surface area contributed by atoms with E-state index in [1.807, 2.05) is 66.0 Å². The molecule has 0 aliphatic carbocycles. The lowest BCUT2D eigenvalue weighted by atomic mass is 10.0. The molecule has 1 aliphatic heterocycles. The summed E-state index contributed by atoms with van der Waals surface area (Å²) in [6.45, 7) is 0. The Kier molecular flexibility index (Phi) is 4.26. The summed E-state index contributed by atoms with van der Waals surface area (Å²) >= 11 is 1.39. The molecule has 0 spiro atoms. The molecule has 0 saturated heterocycles. The quantitative estimate of drug-likeness (QED) is 0.765. The molecule has 1 amide bonds. The summed E-state index contributed by atoms with van der Waals surface area (Å²) in [5.41, 5.74) is 3.25. The number of carbonyl (C=O) groups excluding carboxylic acids is 1. The average molecular weight is 349 g/mol. The van der Waals surface area contributed by atoms with E-state index in [-0.39, 0.29) is 12.0 Å². The number of hydrogen-bond donors (Lipinski definition) is 1. The zero-order valence-electron chi connectivity index (χ0n) is 13.3. The minimum absolute atomic E-state index is 0.210. The number of nitrogens with zero attached hydrogens (tertiary/aromatic N) is 2. The molecule has 1 aromatic heterocycles. The van der Waals surface area contributed by atoms with Crippen molar-refractivity contribution in [2.24, 2.45) is 5.16 Å². The second-order valence-corrected chi connectivity index (χ2v) is 6.46. The maximum atomic E-state index is 12.4. The molecule has 5 nitrogen and oxygen atoms in total. The van der Waals surface area contributed by atoms with Gasteiger partial charge in [-0.05, 0) is 5.56 Å². The van der Waals surface area contributed by atoms with Gasteiger partial charge in [-0.15, -0.1) is 11.3 Å². The summed E-state index contributed by atoms with van der Waals surface area (Å²) in [5.74, 6) is -0.271. The fourth-order valence-electron chi connectivity index (χ4n) is 2.60. The van der Waals surface area contributed by atoms with Crippen molar-refractivity contribution in [1.29, 1.82) is 0 Å². The topological polar surface area (TPSA) is 63.6 Å². The van der Waals surface area contributed by atoms with Gasteiger partial charge in [0.05, 0.1) is 5.69 Å². The summed E-state index contributed by atoms with van der Waals surface area (Å²) in [6.07, 6.45) is 0.241. The lowest BCUT2D eigenvalue weighted by Gasteiger charge is -2.07. The first kappa shape index (κ1) is 15.5. The summed E-state index contributed by atoms with van der Waals surface area (Å²) in [4.78, 5) is 22.2. The van der Waals surface area contributed by atoms with Gasteiger partial charge in [0.2, 0.25) is 0 Å². The van der Waals surface area contributed by atoms with Crippen molar-refractivity contribution in [3.8, 4) is 11.3 Å². The van der Waals surface area contributed by atoms with Gasteiger partial charge in [0.25, 0.3) is 5.91 Å². The minimum Gasteiger partial charge on any atom is -0.387 e. The first-order chi connectivity index (χ1) is 12.3. The van der Waals surface area contributed by atoms with Crippen LogP contribution in [0.1, 0.15) is 18.1 Å². The van der Waals surface area contributed by atoms with Gasteiger partial charge >= 0.3 is 0 Å². The third kappa shape index (κ3) is 3.44. The largest absolute Gasteiger partial charge is 0.387 e. The first-order valence-corrected chi connectivity index (χ1v) is 8.77. The van der Waals surface area contributed by atoms with E-state index in [4.69, 9.17) is 4.84 Å². The predicted octanol–water partition coefficient (Wildman–Crippen LogP) is 4.27. The molecule has 3 aromatic rings. The second-order valence-electron chi connectivity index (χ2n) is 5.60. The summed E-state index contributed by atoms with van der Waals surface area (Å²) in [5, 5.41) is 9.21. The number of oxime groups is 1. The number of rotatable bonds is 4. The Hall–Kier alpha value is -2.99. The van der Waals surface area contributed by atoms with Gasteiger partial charge in [-0.3, -0.25) is 10.1 Å². The molecule has 2 aromatic carbocycles. The molecule has 1 aliphatic rings. The predicted molar refractivity (Wildman–Crippen MR) is 98.5 cm³/mol. The first-order valence-electron chi connectivity index (χ1n) is 7.89. The molecular weight excluding hydrogens is 334 g/mol. The van der Waals surface area contributed by atoms with Gasteiger partial charge in [0.15, 0.2) is 11.2 Å². The van der Waals surface area contributed by atoms with Crippen LogP contribution in [-0.2, 0) is 9.63 Å². The molecule has 1 N–H and O–H groups in total. The smallest absolute Gasteiger partial charge is 0.275 e. The molecule has 4 rings (SSSR count). The number of benzene rings is 2. The standard InChI is InChI=1S/C19H15N3O2S/c23-18(15-11-17(24-22-15)14-9-5-2-6-10-14)21-19-20-16(12-25-19)13-7-3-1-4-8-13/h1-10,12,17H,11H2,(H,20,21,23)/t17-/m1/s1. The highest BCUT2D eigenvalue weighted by atomic mass is 32.1. The maximum absolute atomic E-state index is 12.4. The average Bonchev–Trinajstić information content (AvgIpc) is 3.33. The van der Waals surface area contributed by atoms with Gasteiger partial charge in [0.1, 0.15) is 5.71 Å². The van der Waals surface area contributed by atoms with Gasteiger partial charge in [-0.25, -0.2) is 4.98 Å². The number of nitrogens with one attached hydrogen (secondary N) is 1. The van der Waals surface area contributed by atoms with Gasteiger partial charge < -0.3 is 4.84 Å². The maximum Gasteiger partial charge on any atom is 0.275 e. The van der Waals surface area contributed by atoms with E-state index in [1.54, 1.807) is 0 Å². The molecule has 124 valence electrons. The molecule has 0 radical (unpaired) electrons. The lowest BCUT2D eigenvalue weighted by Crippen LogP contribution is -2.21. The molecule has 0 fully saturated rings. The highest BCUT2D eigenvalue weighted by Gasteiger charge is 2.27. The van der Waals surface area contributed by atoms with Crippen LogP contribution in [0, 0.1) is 0 Å². The highest BCUT2D eigenvalue weighted by molar-refractivity contribution is 7.14. The molecule has 0 bridgehead atoms. The van der Waals surface area contributed by atoms with Gasteiger partial charge in [0, 0.05) is 17.4 Å². The van der Waals surface area contributed by atoms with Crippen LogP contribution in [0.2, 0.25) is 0 Å². The van der Waals surface area contributed by atoms with Crippen LogP contribution in [0.4, 0.5) is 5.13 Å². The molecule has 25 heavy (non-hydrogen) atoms. The molecule has 0 unspecified atom stereocenters. The van der Waals surface area contributed by atoms with E-state index >= 15 is 0 Å². The van der Waals surface area contributed by atoms with Crippen LogP contribution >= 0.6 is 11.3 Å². The van der Waals surface area contributed by atoms with Crippen LogP contribution in [0.3, 0.4) is 0 Å². The Balaban J connectivity index is 1.41. The molecule has 2 heterocycles. The molecule has 6 heteroatoms. The summed E-state index contributed by atoms with van der Waals surface area (Å²) < 4.78 is 0. The number of hydrogen-bond acceptors (Lipinski definition) is 5. The van der Waals surface area contributed by atoms with E-state index < -0.39 is 0 Å². The van der Waals surface area contributed by atoms with Crippen LogP contribution < -0.4 is 5.32 Å². The van der Waals surface area contributed by atoms with Crippen molar-refractivity contribution in [1.82, 2.24) is 4.98 Å². The molecule has 1 atom stereocenters. The third-order valence-electron chi connectivity index (χ3n) is 3.90. The van der Waals surface area contributed by atoms with Crippen molar-refractivity contribution < 1.29 is 9.63 Å². The fourth-order valence-corrected chi connectivity index (χ4v) is 3.31. The van der Waals surface area contributed by atoms with Gasteiger partial charge in [-0.2, -0.15) is 0 Å². The monoisotopic (exact) mass is 349 g/mol. The zero-order chi connectivity index (χ0) is 17.1. The summed E-state index contributed by atoms with van der Waals surface area (Å²) in [7, 11) is 0. The number of thiazole rings is 1. The fraction of sp³-hybridized carbons (Fsp3) is 0.105. The number of carbonyl (C=O) groups is 1. The van der Waals surface area contributed by atoms with E-state index in [1.165, 1.54) is 11.3 Å². The van der Waals surface area contributed by atoms with Crippen LogP contribution in [0.15, 0.2) is 71.2 Å². The van der Waals surface area contributed by atoms with Crippen LogP contribution in [-0.4, -0.2) is 16.6 Å². The van der Waals surface area contributed by atoms with E-state index in [2.05, 4.69) is 15.5 Å². The third-order valence-corrected chi connectivity index (χ3v) is 4.65. The zero-order valence-corrected chi connectivity index (χ0v) is 14.1. The van der Waals surface area contributed by atoms with E-state index in [0.717, 1.165) is 16.8 Å². The Morgan fingerprint density at radius 2 is 1.80 bits per heavy atom. The Morgan fingerprint density at radius 3 is 2.56 bits per heavy atom. The van der Waals surface area contributed by atoms with Crippen molar-refractivity contribution in [2.75, 3.05) is 5.32 Å². The second kappa shape index (κ2) is 6.86. The number of aromatic nitrogens is 1. The van der Waals surface area contributed by atoms with Crippen molar-refractivity contribution >= 4 is 28.1 Å². The van der Waals surface area contributed by atoms with Crippen molar-refractivity contribution in [3.63, 3.8) is 0 Å².